The summed E-state index contributed by atoms with van der Waals surface area (Å²) < 4.78 is 10.4. The second-order valence-electron chi connectivity index (χ2n) is 5.79. The van der Waals surface area contributed by atoms with Crippen LogP contribution in [0, 0.1) is 0 Å². The number of carbonyl (C=O) groups excluding carboxylic acids is 3. The predicted octanol–water partition coefficient (Wildman–Crippen LogP) is 3.06. The van der Waals surface area contributed by atoms with Crippen molar-refractivity contribution in [3.8, 4) is 11.5 Å². The minimum Gasteiger partial charge on any atom is -0.495 e. The summed E-state index contributed by atoms with van der Waals surface area (Å²) >= 11 is 1.28. The van der Waals surface area contributed by atoms with Gasteiger partial charge in [0, 0.05) is 0 Å². The van der Waals surface area contributed by atoms with Crippen LogP contribution in [0.2, 0.25) is 0 Å². The fourth-order valence-electron chi connectivity index (χ4n) is 2.35. The van der Waals surface area contributed by atoms with Crippen molar-refractivity contribution >= 4 is 41.0 Å². The van der Waals surface area contributed by atoms with E-state index in [1.807, 2.05) is 0 Å². The van der Waals surface area contributed by atoms with Crippen molar-refractivity contribution in [3.63, 3.8) is 0 Å². The van der Waals surface area contributed by atoms with E-state index < -0.39 is 17.8 Å². The van der Waals surface area contributed by atoms with Crippen LogP contribution in [-0.2, 0) is 9.59 Å². The Morgan fingerprint density at radius 3 is 2.60 bits per heavy atom. The smallest absolute Gasteiger partial charge is 0.353 e. The fraction of sp³-hybridized carbons (Fsp3) is 0.0476. The topological polar surface area (TPSA) is 106 Å². The molecule has 2 aromatic carbocycles. The SMILES string of the molecule is COc1ccccc1NC(=O)C(=O)N/N=C/c1cccc(OC(=O)c2cccs2)c1. The Balaban J connectivity index is 1.56. The van der Waals surface area contributed by atoms with Crippen molar-refractivity contribution in [1.82, 2.24) is 5.43 Å². The number of carbonyl (C=O) groups is 3. The first-order valence-electron chi connectivity index (χ1n) is 8.70. The molecule has 3 rings (SSSR count). The Hall–Kier alpha value is -3.98. The summed E-state index contributed by atoms with van der Waals surface area (Å²) in [6.45, 7) is 0. The van der Waals surface area contributed by atoms with E-state index in [2.05, 4.69) is 15.8 Å². The van der Waals surface area contributed by atoms with Crippen LogP contribution in [0.25, 0.3) is 0 Å². The van der Waals surface area contributed by atoms with E-state index in [4.69, 9.17) is 9.47 Å². The van der Waals surface area contributed by atoms with Gasteiger partial charge in [0.15, 0.2) is 0 Å². The van der Waals surface area contributed by atoms with Crippen molar-refractivity contribution < 1.29 is 23.9 Å². The number of rotatable bonds is 6. The summed E-state index contributed by atoms with van der Waals surface area (Å²) in [7, 11) is 1.46. The molecule has 30 heavy (non-hydrogen) atoms. The van der Waals surface area contributed by atoms with Gasteiger partial charge in [-0.1, -0.05) is 30.3 Å². The Labute approximate surface area is 176 Å². The van der Waals surface area contributed by atoms with Gasteiger partial charge in [-0.05, 0) is 41.3 Å². The van der Waals surface area contributed by atoms with Crippen LogP contribution in [-0.4, -0.2) is 31.1 Å². The first kappa shape index (κ1) is 20.7. The maximum absolute atomic E-state index is 12.0. The zero-order valence-electron chi connectivity index (χ0n) is 15.8. The molecule has 1 aromatic heterocycles. The average Bonchev–Trinajstić information content (AvgIpc) is 3.29. The lowest BCUT2D eigenvalue weighted by Crippen LogP contribution is -2.32. The molecular formula is C21H17N3O5S. The highest BCUT2D eigenvalue weighted by atomic mass is 32.1. The standard InChI is InChI=1S/C21H17N3O5S/c1-28-17-9-3-2-8-16(17)23-19(25)20(26)24-22-13-14-6-4-7-15(12-14)29-21(27)18-10-5-11-30-18/h2-13H,1H3,(H,23,25)(H,24,26)/b22-13+. The molecule has 2 N–H and O–H groups in total. The lowest BCUT2D eigenvalue weighted by Gasteiger charge is -2.08. The number of ether oxygens (including phenoxy) is 2. The molecular weight excluding hydrogens is 406 g/mol. The van der Waals surface area contributed by atoms with Gasteiger partial charge < -0.3 is 14.8 Å². The largest absolute Gasteiger partial charge is 0.495 e. The number of benzene rings is 2. The number of amides is 2. The molecule has 0 aliphatic rings. The van der Waals surface area contributed by atoms with E-state index in [0.717, 1.165) is 0 Å². The fourth-order valence-corrected chi connectivity index (χ4v) is 2.95. The van der Waals surface area contributed by atoms with Crippen LogP contribution in [0.3, 0.4) is 0 Å². The van der Waals surface area contributed by atoms with Gasteiger partial charge in [-0.3, -0.25) is 9.59 Å². The molecule has 9 heteroatoms. The molecule has 0 spiro atoms. The van der Waals surface area contributed by atoms with E-state index in [1.54, 1.807) is 66.0 Å². The first-order chi connectivity index (χ1) is 14.6. The average molecular weight is 423 g/mol. The van der Waals surface area contributed by atoms with Gasteiger partial charge in [-0.15, -0.1) is 11.3 Å². The van der Waals surface area contributed by atoms with Crippen LogP contribution >= 0.6 is 11.3 Å². The zero-order chi connectivity index (χ0) is 21.3. The Kier molecular flexibility index (Phi) is 6.91. The van der Waals surface area contributed by atoms with E-state index in [1.165, 1.54) is 24.7 Å². The van der Waals surface area contributed by atoms with E-state index >= 15 is 0 Å². The quantitative estimate of drug-likeness (QED) is 0.208. The summed E-state index contributed by atoms with van der Waals surface area (Å²) in [5.41, 5.74) is 3.07. The molecule has 0 aliphatic carbocycles. The molecule has 1 heterocycles. The number of methoxy groups -OCH3 is 1. The Morgan fingerprint density at radius 2 is 1.83 bits per heavy atom. The number of hydrazone groups is 1. The van der Waals surface area contributed by atoms with Crippen LogP contribution < -0.4 is 20.2 Å². The maximum Gasteiger partial charge on any atom is 0.353 e. The molecule has 0 fully saturated rings. The molecule has 0 bridgehead atoms. The normalized spacial score (nSPS) is 10.4. The molecule has 0 radical (unpaired) electrons. The van der Waals surface area contributed by atoms with E-state index in [9.17, 15) is 14.4 Å². The summed E-state index contributed by atoms with van der Waals surface area (Å²) in [5, 5.41) is 7.99. The van der Waals surface area contributed by atoms with Crippen molar-refractivity contribution in [3.05, 3.63) is 76.5 Å². The van der Waals surface area contributed by atoms with Gasteiger partial charge in [0.2, 0.25) is 0 Å². The Morgan fingerprint density at radius 1 is 1.00 bits per heavy atom. The predicted molar refractivity (Wildman–Crippen MR) is 113 cm³/mol. The number of hydrogen-bond acceptors (Lipinski definition) is 7. The molecule has 0 unspecified atom stereocenters. The van der Waals surface area contributed by atoms with Crippen LogP contribution in [0.1, 0.15) is 15.2 Å². The van der Waals surface area contributed by atoms with Crippen molar-refractivity contribution in [2.75, 3.05) is 12.4 Å². The second-order valence-corrected chi connectivity index (χ2v) is 6.74. The number of nitrogens with zero attached hydrogens (tertiary/aromatic N) is 1. The van der Waals surface area contributed by atoms with Crippen LogP contribution in [0.5, 0.6) is 11.5 Å². The van der Waals surface area contributed by atoms with Gasteiger partial charge in [0.05, 0.1) is 19.0 Å². The molecule has 0 saturated heterocycles. The highest BCUT2D eigenvalue weighted by Gasteiger charge is 2.15. The molecule has 0 aliphatic heterocycles. The summed E-state index contributed by atoms with van der Waals surface area (Å²) in [6.07, 6.45) is 1.33. The molecule has 0 saturated carbocycles. The third-order valence-corrected chi connectivity index (χ3v) is 4.58. The minimum atomic E-state index is -0.947. The third kappa shape index (κ3) is 5.52. The minimum absolute atomic E-state index is 0.331. The molecule has 152 valence electrons. The summed E-state index contributed by atoms with van der Waals surface area (Å²) in [6, 6.07) is 16.7. The number of anilines is 1. The van der Waals surface area contributed by atoms with Crippen LogP contribution in [0.4, 0.5) is 5.69 Å². The first-order valence-corrected chi connectivity index (χ1v) is 9.58. The van der Waals surface area contributed by atoms with Gasteiger partial charge in [0.25, 0.3) is 0 Å². The van der Waals surface area contributed by atoms with Crippen molar-refractivity contribution in [2.24, 2.45) is 5.10 Å². The molecule has 3 aromatic rings. The monoisotopic (exact) mass is 423 g/mol. The third-order valence-electron chi connectivity index (χ3n) is 3.73. The maximum atomic E-state index is 12.0. The number of nitrogens with one attached hydrogen (secondary N) is 2. The molecule has 2 amide bonds. The van der Waals surface area contributed by atoms with Gasteiger partial charge in [0.1, 0.15) is 16.4 Å². The number of esters is 1. The van der Waals surface area contributed by atoms with Gasteiger partial charge >= 0.3 is 17.8 Å². The van der Waals surface area contributed by atoms with E-state index in [0.29, 0.717) is 27.6 Å². The lowest BCUT2D eigenvalue weighted by molar-refractivity contribution is -0.136. The van der Waals surface area contributed by atoms with Gasteiger partial charge in [-0.25, -0.2) is 10.2 Å². The number of thiophene rings is 1. The van der Waals surface area contributed by atoms with Crippen molar-refractivity contribution in [2.45, 2.75) is 0 Å². The number of hydrogen-bond donors (Lipinski definition) is 2. The summed E-state index contributed by atoms with van der Waals surface area (Å²) in [5.74, 6) is -1.54. The molecule has 0 atom stereocenters. The van der Waals surface area contributed by atoms with E-state index in [-0.39, 0.29) is 0 Å². The highest BCUT2D eigenvalue weighted by molar-refractivity contribution is 7.12. The number of para-hydroxylation sites is 2. The highest BCUT2D eigenvalue weighted by Crippen LogP contribution is 2.22. The summed E-state index contributed by atoms with van der Waals surface area (Å²) in [4.78, 5) is 36.4. The zero-order valence-corrected chi connectivity index (χ0v) is 16.6. The van der Waals surface area contributed by atoms with Crippen molar-refractivity contribution in [1.29, 1.82) is 0 Å². The van der Waals surface area contributed by atoms with Crippen LogP contribution in [0.15, 0.2) is 71.1 Å². The lowest BCUT2D eigenvalue weighted by atomic mass is 10.2. The molecule has 8 nitrogen and oxygen atoms in total. The Bertz CT molecular complexity index is 1080. The second kappa shape index (κ2) is 9.99. The van der Waals surface area contributed by atoms with Gasteiger partial charge in [-0.2, -0.15) is 5.10 Å².